The lowest BCUT2D eigenvalue weighted by Crippen LogP contribution is -2.07. The number of hydrogen-bond donors (Lipinski definition) is 1. The normalized spacial score (nSPS) is 15.3. The SMILES string of the molecule is O=C(O)CC1COc2cc(OCc3ccc(-n4ccnn4)cc3)ccc21. The van der Waals surface area contributed by atoms with Crippen molar-refractivity contribution in [1.29, 1.82) is 0 Å². The van der Waals surface area contributed by atoms with Crippen molar-refractivity contribution in [3.05, 3.63) is 66.0 Å². The minimum atomic E-state index is -0.818. The van der Waals surface area contributed by atoms with E-state index in [1.165, 1.54) is 0 Å². The molecule has 1 aliphatic rings. The van der Waals surface area contributed by atoms with Gasteiger partial charge in [0.05, 0.1) is 31.1 Å². The number of aliphatic carboxylic acids is 1. The molecule has 7 heteroatoms. The molecule has 0 bridgehead atoms. The fourth-order valence-electron chi connectivity index (χ4n) is 2.98. The molecular weight excluding hydrogens is 334 g/mol. The number of rotatable bonds is 6. The van der Waals surface area contributed by atoms with Gasteiger partial charge in [-0.1, -0.05) is 23.4 Å². The zero-order chi connectivity index (χ0) is 17.9. The lowest BCUT2D eigenvalue weighted by atomic mass is 9.98. The number of benzene rings is 2. The van der Waals surface area contributed by atoms with Gasteiger partial charge in [0, 0.05) is 17.5 Å². The van der Waals surface area contributed by atoms with Gasteiger partial charge in [-0.15, -0.1) is 5.10 Å². The van der Waals surface area contributed by atoms with Gasteiger partial charge in [0.2, 0.25) is 0 Å². The van der Waals surface area contributed by atoms with Crippen LogP contribution in [0.1, 0.15) is 23.5 Å². The van der Waals surface area contributed by atoms with Crippen LogP contribution in [0.2, 0.25) is 0 Å². The standard InChI is InChI=1S/C19H17N3O4/c23-19(24)9-14-12-26-18-10-16(5-6-17(14)18)25-11-13-1-3-15(4-2-13)22-8-7-20-21-22/h1-8,10,14H,9,11-12H2,(H,23,24). The molecule has 0 saturated carbocycles. The highest BCUT2D eigenvalue weighted by Gasteiger charge is 2.26. The summed E-state index contributed by atoms with van der Waals surface area (Å²) in [4.78, 5) is 10.9. The molecule has 3 aromatic rings. The number of carboxylic acid groups (broad SMARTS) is 1. The zero-order valence-corrected chi connectivity index (χ0v) is 13.9. The topological polar surface area (TPSA) is 86.5 Å². The summed E-state index contributed by atoms with van der Waals surface area (Å²) >= 11 is 0. The second-order valence-electron chi connectivity index (χ2n) is 6.11. The molecule has 0 spiro atoms. The Morgan fingerprint density at radius 3 is 2.85 bits per heavy atom. The molecule has 0 aliphatic carbocycles. The van der Waals surface area contributed by atoms with E-state index in [-0.39, 0.29) is 12.3 Å². The Kier molecular flexibility index (Phi) is 4.27. The number of nitrogens with zero attached hydrogens (tertiary/aromatic N) is 3. The largest absolute Gasteiger partial charge is 0.492 e. The zero-order valence-electron chi connectivity index (χ0n) is 13.9. The summed E-state index contributed by atoms with van der Waals surface area (Å²) in [6, 6.07) is 13.4. The van der Waals surface area contributed by atoms with Crippen molar-refractivity contribution >= 4 is 5.97 Å². The molecule has 1 unspecified atom stereocenters. The van der Waals surface area contributed by atoms with Crippen molar-refractivity contribution in [1.82, 2.24) is 15.0 Å². The maximum atomic E-state index is 10.9. The molecule has 1 aliphatic heterocycles. The van der Waals surface area contributed by atoms with Crippen molar-refractivity contribution in [2.75, 3.05) is 6.61 Å². The maximum absolute atomic E-state index is 10.9. The summed E-state index contributed by atoms with van der Waals surface area (Å²) < 4.78 is 13.1. The Bertz CT molecular complexity index is 907. The number of aromatic nitrogens is 3. The van der Waals surface area contributed by atoms with Crippen LogP contribution in [0.15, 0.2) is 54.9 Å². The van der Waals surface area contributed by atoms with Crippen LogP contribution in [0.5, 0.6) is 11.5 Å². The Morgan fingerprint density at radius 1 is 1.27 bits per heavy atom. The number of hydrogen-bond acceptors (Lipinski definition) is 5. The van der Waals surface area contributed by atoms with Crippen LogP contribution in [-0.2, 0) is 11.4 Å². The quantitative estimate of drug-likeness (QED) is 0.735. The molecule has 4 rings (SSSR count). The van der Waals surface area contributed by atoms with Gasteiger partial charge in [-0.05, 0) is 23.8 Å². The van der Waals surface area contributed by atoms with Gasteiger partial charge in [-0.25, -0.2) is 4.68 Å². The van der Waals surface area contributed by atoms with Gasteiger partial charge >= 0.3 is 5.97 Å². The van der Waals surface area contributed by atoms with Crippen LogP contribution in [0.3, 0.4) is 0 Å². The van der Waals surface area contributed by atoms with E-state index in [1.54, 1.807) is 17.1 Å². The molecule has 26 heavy (non-hydrogen) atoms. The van der Waals surface area contributed by atoms with E-state index in [9.17, 15) is 4.79 Å². The molecule has 0 amide bonds. The van der Waals surface area contributed by atoms with Crippen LogP contribution >= 0.6 is 0 Å². The fraction of sp³-hybridized carbons (Fsp3) is 0.211. The third-order valence-electron chi connectivity index (χ3n) is 4.31. The second kappa shape index (κ2) is 6.87. The number of carbonyl (C=O) groups is 1. The molecule has 2 heterocycles. The first-order chi connectivity index (χ1) is 12.7. The van der Waals surface area contributed by atoms with Gasteiger partial charge in [-0.2, -0.15) is 0 Å². The summed E-state index contributed by atoms with van der Waals surface area (Å²) in [6.07, 6.45) is 3.49. The number of carboxylic acids is 1. The number of ether oxygens (including phenoxy) is 2. The molecule has 1 atom stereocenters. The summed E-state index contributed by atoms with van der Waals surface area (Å²) in [5.41, 5.74) is 2.89. The molecule has 2 aromatic carbocycles. The van der Waals surface area contributed by atoms with E-state index < -0.39 is 5.97 Å². The van der Waals surface area contributed by atoms with E-state index >= 15 is 0 Å². The van der Waals surface area contributed by atoms with Crippen molar-refractivity contribution < 1.29 is 19.4 Å². The van der Waals surface area contributed by atoms with Crippen LogP contribution in [0, 0.1) is 0 Å². The van der Waals surface area contributed by atoms with Crippen LogP contribution in [-0.4, -0.2) is 32.7 Å². The lowest BCUT2D eigenvalue weighted by Gasteiger charge is -2.09. The smallest absolute Gasteiger partial charge is 0.304 e. The van der Waals surface area contributed by atoms with Gasteiger partial charge < -0.3 is 14.6 Å². The predicted molar refractivity (Wildman–Crippen MR) is 92.6 cm³/mol. The molecule has 7 nitrogen and oxygen atoms in total. The minimum absolute atomic E-state index is 0.0747. The van der Waals surface area contributed by atoms with E-state index in [1.807, 2.05) is 42.5 Å². The molecule has 0 radical (unpaired) electrons. The fourth-order valence-corrected chi connectivity index (χ4v) is 2.98. The average Bonchev–Trinajstić information content (AvgIpc) is 3.30. The Balaban J connectivity index is 1.40. The Hall–Kier alpha value is -3.35. The minimum Gasteiger partial charge on any atom is -0.492 e. The molecule has 1 aromatic heterocycles. The predicted octanol–water partition coefficient (Wildman–Crippen LogP) is 2.80. The second-order valence-corrected chi connectivity index (χ2v) is 6.11. The van der Waals surface area contributed by atoms with Gasteiger partial charge in [-0.3, -0.25) is 4.79 Å². The third-order valence-corrected chi connectivity index (χ3v) is 4.31. The first-order valence-corrected chi connectivity index (χ1v) is 8.26. The summed E-state index contributed by atoms with van der Waals surface area (Å²) in [6.45, 7) is 0.823. The number of fused-ring (bicyclic) bond motifs is 1. The molecule has 1 N–H and O–H groups in total. The molecule has 0 fully saturated rings. The maximum Gasteiger partial charge on any atom is 0.304 e. The average molecular weight is 351 g/mol. The summed E-state index contributed by atoms with van der Waals surface area (Å²) in [7, 11) is 0. The molecular formula is C19H17N3O4. The first-order valence-electron chi connectivity index (χ1n) is 8.26. The van der Waals surface area contributed by atoms with Crippen molar-refractivity contribution in [3.63, 3.8) is 0 Å². The highest BCUT2D eigenvalue weighted by Crippen LogP contribution is 2.38. The van der Waals surface area contributed by atoms with Gasteiger partial charge in [0.15, 0.2) is 0 Å². The van der Waals surface area contributed by atoms with Crippen molar-refractivity contribution in [2.24, 2.45) is 0 Å². The monoisotopic (exact) mass is 351 g/mol. The summed E-state index contributed by atoms with van der Waals surface area (Å²) in [5.74, 6) is 0.484. The van der Waals surface area contributed by atoms with Crippen LogP contribution in [0.4, 0.5) is 0 Å². The highest BCUT2D eigenvalue weighted by atomic mass is 16.5. The first kappa shape index (κ1) is 16.1. The molecule has 0 saturated heterocycles. The lowest BCUT2D eigenvalue weighted by molar-refractivity contribution is -0.137. The van der Waals surface area contributed by atoms with E-state index in [0.29, 0.717) is 24.7 Å². The van der Waals surface area contributed by atoms with Crippen molar-refractivity contribution in [2.45, 2.75) is 18.9 Å². The summed E-state index contributed by atoms with van der Waals surface area (Å²) in [5, 5.41) is 16.7. The Morgan fingerprint density at radius 2 is 2.12 bits per heavy atom. The van der Waals surface area contributed by atoms with Crippen LogP contribution < -0.4 is 9.47 Å². The van der Waals surface area contributed by atoms with E-state index in [2.05, 4.69) is 10.3 Å². The third kappa shape index (κ3) is 3.37. The van der Waals surface area contributed by atoms with Gasteiger partial charge in [0.1, 0.15) is 18.1 Å². The van der Waals surface area contributed by atoms with E-state index in [4.69, 9.17) is 14.6 Å². The molecule has 132 valence electrons. The van der Waals surface area contributed by atoms with Gasteiger partial charge in [0.25, 0.3) is 0 Å². The van der Waals surface area contributed by atoms with Crippen LogP contribution in [0.25, 0.3) is 5.69 Å². The Labute approximate surface area is 149 Å². The highest BCUT2D eigenvalue weighted by molar-refractivity contribution is 5.68. The van der Waals surface area contributed by atoms with E-state index in [0.717, 1.165) is 16.8 Å². The van der Waals surface area contributed by atoms with Crippen molar-refractivity contribution in [3.8, 4) is 17.2 Å².